The van der Waals surface area contributed by atoms with Gasteiger partial charge in [0.1, 0.15) is 0 Å². The molecule has 24 heavy (non-hydrogen) atoms. The number of hydrogen-bond donors (Lipinski definition) is 1. The molecule has 0 fully saturated rings. The molecule has 1 aromatic heterocycles. The predicted octanol–water partition coefficient (Wildman–Crippen LogP) is 3.64. The first-order valence-corrected chi connectivity index (χ1v) is 9.11. The standard InChI is InChI=1S/C20H29N3O/c1-4-5-6-15(2)23-12-16(14-24)9-18-10-17(7-8-20(18)23)19-11-21-22(3)13-19/h7-8,10-11,13,15-16,24H,4-6,9,12,14H2,1-3H3/t15?,16-/m1/s1. The van der Waals surface area contributed by atoms with Crippen LogP contribution in [0.3, 0.4) is 0 Å². The van der Waals surface area contributed by atoms with Crippen molar-refractivity contribution in [2.75, 3.05) is 18.1 Å². The number of benzene rings is 1. The molecule has 0 amide bonds. The Labute approximate surface area is 145 Å². The van der Waals surface area contributed by atoms with E-state index in [0.717, 1.165) is 18.5 Å². The summed E-state index contributed by atoms with van der Waals surface area (Å²) in [6.07, 6.45) is 8.61. The quantitative estimate of drug-likeness (QED) is 0.881. The molecule has 0 saturated carbocycles. The molecule has 1 N–H and O–H groups in total. The van der Waals surface area contributed by atoms with Gasteiger partial charge in [-0.05, 0) is 43.0 Å². The highest BCUT2D eigenvalue weighted by molar-refractivity contribution is 5.69. The van der Waals surface area contributed by atoms with Crippen LogP contribution in [0, 0.1) is 5.92 Å². The molecule has 3 rings (SSSR count). The van der Waals surface area contributed by atoms with Crippen LogP contribution in [-0.2, 0) is 13.5 Å². The number of unbranched alkanes of at least 4 members (excludes halogenated alkanes) is 1. The summed E-state index contributed by atoms with van der Waals surface area (Å²) in [5, 5.41) is 14.0. The Balaban J connectivity index is 1.91. The lowest BCUT2D eigenvalue weighted by molar-refractivity contribution is 0.221. The molecule has 1 aromatic carbocycles. The van der Waals surface area contributed by atoms with Gasteiger partial charge < -0.3 is 10.0 Å². The van der Waals surface area contributed by atoms with Crippen LogP contribution in [-0.4, -0.2) is 34.1 Å². The zero-order chi connectivity index (χ0) is 17.1. The van der Waals surface area contributed by atoms with Crippen LogP contribution in [0.15, 0.2) is 30.6 Å². The summed E-state index contributed by atoms with van der Waals surface area (Å²) < 4.78 is 1.84. The molecule has 0 aliphatic carbocycles. The largest absolute Gasteiger partial charge is 0.396 e. The summed E-state index contributed by atoms with van der Waals surface area (Å²) in [5.41, 5.74) is 5.06. The van der Waals surface area contributed by atoms with Gasteiger partial charge in [-0.15, -0.1) is 0 Å². The van der Waals surface area contributed by atoms with E-state index in [2.05, 4.69) is 48.2 Å². The molecule has 130 valence electrons. The predicted molar refractivity (Wildman–Crippen MR) is 99.3 cm³/mol. The first kappa shape index (κ1) is 17.0. The van der Waals surface area contributed by atoms with Crippen LogP contribution in [0.2, 0.25) is 0 Å². The molecule has 1 unspecified atom stereocenters. The molecule has 2 atom stereocenters. The average Bonchev–Trinajstić information content (AvgIpc) is 3.04. The molecule has 0 saturated heterocycles. The second-order valence-electron chi connectivity index (χ2n) is 7.14. The SMILES string of the molecule is CCCCC(C)N1C[C@H](CO)Cc2cc(-c3cnn(C)c3)ccc21. The number of fused-ring (bicyclic) bond motifs is 1. The maximum Gasteiger partial charge on any atom is 0.0568 e. The van der Waals surface area contributed by atoms with Crippen LogP contribution in [0.4, 0.5) is 5.69 Å². The highest BCUT2D eigenvalue weighted by Gasteiger charge is 2.27. The van der Waals surface area contributed by atoms with Gasteiger partial charge in [0.2, 0.25) is 0 Å². The van der Waals surface area contributed by atoms with Crippen LogP contribution in [0.25, 0.3) is 11.1 Å². The number of aromatic nitrogens is 2. The van der Waals surface area contributed by atoms with E-state index in [9.17, 15) is 5.11 Å². The lowest BCUT2D eigenvalue weighted by atomic mass is 9.89. The van der Waals surface area contributed by atoms with Gasteiger partial charge in [0.25, 0.3) is 0 Å². The lowest BCUT2D eigenvalue weighted by Crippen LogP contribution is -2.42. The third-order valence-electron chi connectivity index (χ3n) is 5.16. The molecular formula is C20H29N3O. The third kappa shape index (κ3) is 3.48. The second-order valence-corrected chi connectivity index (χ2v) is 7.14. The number of aryl methyl sites for hydroxylation is 1. The summed E-state index contributed by atoms with van der Waals surface area (Å²) in [7, 11) is 1.95. The van der Waals surface area contributed by atoms with Crippen LogP contribution >= 0.6 is 0 Å². The summed E-state index contributed by atoms with van der Waals surface area (Å²) in [6.45, 7) is 5.77. The zero-order valence-corrected chi connectivity index (χ0v) is 15.1. The van der Waals surface area contributed by atoms with Gasteiger partial charge in [0, 0.05) is 49.6 Å². The Morgan fingerprint density at radius 3 is 2.83 bits per heavy atom. The van der Waals surface area contributed by atoms with Crippen molar-refractivity contribution in [1.82, 2.24) is 9.78 Å². The fraction of sp³-hybridized carbons (Fsp3) is 0.550. The topological polar surface area (TPSA) is 41.3 Å². The van der Waals surface area contributed by atoms with Crippen molar-refractivity contribution >= 4 is 5.69 Å². The summed E-state index contributed by atoms with van der Waals surface area (Å²) in [5.74, 6) is 0.325. The van der Waals surface area contributed by atoms with Crippen molar-refractivity contribution in [2.24, 2.45) is 13.0 Å². The zero-order valence-electron chi connectivity index (χ0n) is 15.1. The van der Waals surface area contributed by atoms with Crippen molar-refractivity contribution in [3.8, 4) is 11.1 Å². The third-order valence-corrected chi connectivity index (χ3v) is 5.16. The molecule has 2 heterocycles. The van der Waals surface area contributed by atoms with E-state index >= 15 is 0 Å². The van der Waals surface area contributed by atoms with Crippen LogP contribution in [0.5, 0.6) is 0 Å². The van der Waals surface area contributed by atoms with Gasteiger partial charge in [0.05, 0.1) is 6.20 Å². The Kier molecular flexibility index (Phi) is 5.24. The number of hydrogen-bond acceptors (Lipinski definition) is 3. The Morgan fingerprint density at radius 1 is 1.33 bits per heavy atom. The fourth-order valence-electron chi connectivity index (χ4n) is 3.73. The first-order valence-electron chi connectivity index (χ1n) is 9.11. The number of aliphatic hydroxyl groups is 1. The monoisotopic (exact) mass is 327 g/mol. The maximum atomic E-state index is 9.74. The molecule has 2 aromatic rings. The molecule has 4 heteroatoms. The molecular weight excluding hydrogens is 298 g/mol. The molecule has 1 aliphatic rings. The normalized spacial score (nSPS) is 18.5. The first-order chi connectivity index (χ1) is 11.6. The van der Waals surface area contributed by atoms with E-state index in [4.69, 9.17) is 0 Å². The lowest BCUT2D eigenvalue weighted by Gasteiger charge is -2.40. The van der Waals surface area contributed by atoms with E-state index < -0.39 is 0 Å². The fourth-order valence-corrected chi connectivity index (χ4v) is 3.73. The van der Waals surface area contributed by atoms with Crippen molar-refractivity contribution in [2.45, 2.75) is 45.6 Å². The molecule has 0 radical (unpaired) electrons. The van der Waals surface area contributed by atoms with E-state index in [-0.39, 0.29) is 6.61 Å². The van der Waals surface area contributed by atoms with Gasteiger partial charge in [0.15, 0.2) is 0 Å². The smallest absolute Gasteiger partial charge is 0.0568 e. The van der Waals surface area contributed by atoms with E-state index in [1.807, 2.05) is 17.9 Å². The van der Waals surface area contributed by atoms with E-state index in [1.165, 1.54) is 36.1 Å². The van der Waals surface area contributed by atoms with E-state index in [0.29, 0.717) is 12.0 Å². The van der Waals surface area contributed by atoms with Gasteiger partial charge >= 0.3 is 0 Å². The second kappa shape index (κ2) is 7.39. The number of nitrogens with zero attached hydrogens (tertiary/aromatic N) is 3. The van der Waals surface area contributed by atoms with Crippen molar-refractivity contribution < 1.29 is 5.11 Å². The van der Waals surface area contributed by atoms with Crippen LogP contribution < -0.4 is 4.90 Å². The Hall–Kier alpha value is -1.81. The van der Waals surface area contributed by atoms with Crippen molar-refractivity contribution in [3.63, 3.8) is 0 Å². The summed E-state index contributed by atoms with van der Waals surface area (Å²) in [6, 6.07) is 7.26. The highest BCUT2D eigenvalue weighted by atomic mass is 16.3. The molecule has 4 nitrogen and oxygen atoms in total. The number of aliphatic hydroxyl groups excluding tert-OH is 1. The minimum atomic E-state index is 0.257. The van der Waals surface area contributed by atoms with Crippen LogP contribution in [0.1, 0.15) is 38.7 Å². The molecule has 0 spiro atoms. The van der Waals surface area contributed by atoms with Gasteiger partial charge in [-0.1, -0.05) is 25.8 Å². The number of rotatable bonds is 6. The van der Waals surface area contributed by atoms with Crippen molar-refractivity contribution in [3.05, 3.63) is 36.2 Å². The molecule has 0 bridgehead atoms. The number of anilines is 1. The minimum absolute atomic E-state index is 0.257. The molecule has 1 aliphatic heterocycles. The van der Waals surface area contributed by atoms with E-state index in [1.54, 1.807) is 0 Å². The Bertz CT molecular complexity index is 679. The van der Waals surface area contributed by atoms with Crippen molar-refractivity contribution in [1.29, 1.82) is 0 Å². The van der Waals surface area contributed by atoms with Gasteiger partial charge in [-0.2, -0.15) is 5.10 Å². The minimum Gasteiger partial charge on any atom is -0.396 e. The highest BCUT2D eigenvalue weighted by Crippen LogP contribution is 2.35. The maximum absolute atomic E-state index is 9.74. The summed E-state index contributed by atoms with van der Waals surface area (Å²) >= 11 is 0. The Morgan fingerprint density at radius 2 is 2.17 bits per heavy atom. The average molecular weight is 327 g/mol. The van der Waals surface area contributed by atoms with Gasteiger partial charge in [-0.25, -0.2) is 0 Å². The van der Waals surface area contributed by atoms with Gasteiger partial charge in [-0.3, -0.25) is 4.68 Å². The summed E-state index contributed by atoms with van der Waals surface area (Å²) in [4.78, 5) is 2.50.